The third-order valence-corrected chi connectivity index (χ3v) is 3.56. The first-order valence-corrected chi connectivity index (χ1v) is 6.77. The second-order valence-electron chi connectivity index (χ2n) is 3.60. The van der Waals surface area contributed by atoms with Gasteiger partial charge in [0.25, 0.3) is 0 Å². The topological polar surface area (TPSA) is 63.8 Å². The van der Waals surface area contributed by atoms with Crippen molar-refractivity contribution >= 4 is 34.9 Å². The molecule has 0 aliphatic carbocycles. The number of halogens is 1. The summed E-state index contributed by atoms with van der Waals surface area (Å²) >= 11 is 7.61. The van der Waals surface area contributed by atoms with E-state index in [1.807, 2.05) is 18.7 Å². The summed E-state index contributed by atoms with van der Waals surface area (Å²) in [7, 11) is 0. The molecule has 0 aliphatic rings. The maximum atomic E-state index is 5.85. The Hall–Kier alpha value is -0.680. The van der Waals surface area contributed by atoms with Gasteiger partial charge in [0.15, 0.2) is 5.82 Å². The maximum absolute atomic E-state index is 5.85. The Morgan fingerprint density at radius 1 is 1.50 bits per heavy atom. The quantitative estimate of drug-likeness (QED) is 0.797. The molecule has 0 saturated carbocycles. The molecule has 1 unspecified atom stereocenters. The second kappa shape index (κ2) is 6.15. The molecule has 16 heavy (non-hydrogen) atoms. The third kappa shape index (κ3) is 3.72. The van der Waals surface area contributed by atoms with E-state index in [-0.39, 0.29) is 5.28 Å². The summed E-state index contributed by atoms with van der Waals surface area (Å²) in [5.74, 6) is 0.630. The number of aryl methyl sites for hydroxylation is 1. The van der Waals surface area contributed by atoms with E-state index >= 15 is 0 Å². The number of nitrogens with zero attached hydrogens (tertiary/aromatic N) is 2. The molecule has 0 bridgehead atoms. The number of nitrogens with two attached hydrogens (primary N) is 1. The molecule has 1 rings (SSSR count). The highest BCUT2D eigenvalue weighted by molar-refractivity contribution is 7.99. The van der Waals surface area contributed by atoms with Crippen LogP contribution < -0.4 is 11.1 Å². The van der Waals surface area contributed by atoms with Crippen LogP contribution in [0.15, 0.2) is 0 Å². The van der Waals surface area contributed by atoms with Gasteiger partial charge in [-0.15, -0.1) is 0 Å². The monoisotopic (exact) mass is 260 g/mol. The Labute approximate surface area is 105 Å². The molecule has 0 fully saturated rings. The van der Waals surface area contributed by atoms with Gasteiger partial charge in [0, 0.05) is 11.8 Å². The fraction of sp³-hybridized carbons (Fsp3) is 0.600. The number of rotatable bonds is 5. The summed E-state index contributed by atoms with van der Waals surface area (Å²) in [5.41, 5.74) is 7.13. The number of nitrogen functional groups attached to an aromatic ring is 1. The molecule has 0 aromatic carbocycles. The molecule has 6 heteroatoms. The fourth-order valence-electron chi connectivity index (χ4n) is 1.19. The lowest BCUT2D eigenvalue weighted by atomic mass is 10.3. The molecular weight excluding hydrogens is 244 g/mol. The molecule has 4 nitrogen and oxygen atoms in total. The van der Waals surface area contributed by atoms with Crippen LogP contribution in [0.1, 0.15) is 19.0 Å². The van der Waals surface area contributed by atoms with Crippen molar-refractivity contribution in [2.45, 2.75) is 25.5 Å². The van der Waals surface area contributed by atoms with Crippen molar-refractivity contribution < 1.29 is 0 Å². The van der Waals surface area contributed by atoms with Gasteiger partial charge in [-0.25, -0.2) is 4.98 Å². The van der Waals surface area contributed by atoms with E-state index < -0.39 is 0 Å². The number of hydrogen-bond acceptors (Lipinski definition) is 5. The second-order valence-corrected chi connectivity index (χ2v) is 5.22. The van der Waals surface area contributed by atoms with Crippen LogP contribution in [0.5, 0.6) is 0 Å². The average Bonchev–Trinajstić information content (AvgIpc) is 2.24. The van der Waals surface area contributed by atoms with Crippen LogP contribution >= 0.6 is 23.4 Å². The molecule has 1 aromatic rings. The highest BCUT2D eigenvalue weighted by Crippen LogP contribution is 2.20. The first-order chi connectivity index (χ1) is 7.54. The third-order valence-electron chi connectivity index (χ3n) is 2.35. The van der Waals surface area contributed by atoms with Gasteiger partial charge in [0.05, 0.1) is 11.4 Å². The summed E-state index contributed by atoms with van der Waals surface area (Å²) in [6.45, 7) is 4.84. The minimum atomic E-state index is 0.229. The predicted molar refractivity (Wildman–Crippen MR) is 72.3 cm³/mol. The zero-order valence-electron chi connectivity index (χ0n) is 9.75. The molecule has 3 N–H and O–H groups in total. The Morgan fingerprint density at radius 3 is 2.81 bits per heavy atom. The first kappa shape index (κ1) is 13.4. The predicted octanol–water partition coefficient (Wildman–Crippen LogP) is 2.57. The minimum Gasteiger partial charge on any atom is -0.394 e. The van der Waals surface area contributed by atoms with Crippen molar-refractivity contribution in [1.29, 1.82) is 0 Å². The summed E-state index contributed by atoms with van der Waals surface area (Å²) in [5, 5.41) is 4.03. The van der Waals surface area contributed by atoms with Gasteiger partial charge >= 0.3 is 0 Å². The van der Waals surface area contributed by atoms with Crippen LogP contribution in [0, 0.1) is 6.92 Å². The lowest BCUT2D eigenvalue weighted by Crippen LogP contribution is -2.11. The smallest absolute Gasteiger partial charge is 0.224 e. The van der Waals surface area contributed by atoms with E-state index in [2.05, 4.69) is 28.5 Å². The van der Waals surface area contributed by atoms with Gasteiger partial charge in [-0.3, -0.25) is 0 Å². The molecule has 1 aromatic heterocycles. The van der Waals surface area contributed by atoms with Crippen molar-refractivity contribution in [1.82, 2.24) is 9.97 Å². The van der Waals surface area contributed by atoms with Gasteiger partial charge in [0.2, 0.25) is 5.28 Å². The standard InChI is InChI=1S/C10H17ClN4S/c1-6(16-3)4-5-13-9-8(12)7(2)14-10(11)15-9/h6H,4-5,12H2,1-3H3,(H,13,14,15). The number of aromatic nitrogens is 2. The Bertz CT molecular complexity index is 359. The highest BCUT2D eigenvalue weighted by Gasteiger charge is 2.07. The highest BCUT2D eigenvalue weighted by atomic mass is 35.5. The zero-order chi connectivity index (χ0) is 12.1. The van der Waals surface area contributed by atoms with Gasteiger partial charge in [-0.1, -0.05) is 6.92 Å². The molecule has 0 spiro atoms. The first-order valence-electron chi connectivity index (χ1n) is 5.11. The number of nitrogens with one attached hydrogen (secondary N) is 1. The Morgan fingerprint density at radius 2 is 2.19 bits per heavy atom. The SMILES string of the molecule is CSC(C)CCNc1nc(Cl)nc(C)c1N. The Balaban J connectivity index is 2.60. The van der Waals surface area contributed by atoms with Gasteiger partial charge < -0.3 is 11.1 Å². The molecule has 90 valence electrons. The van der Waals surface area contributed by atoms with Crippen LogP contribution in [0.25, 0.3) is 0 Å². The van der Waals surface area contributed by atoms with Crippen LogP contribution in [0.4, 0.5) is 11.5 Å². The number of thioether (sulfide) groups is 1. The van der Waals surface area contributed by atoms with Crippen molar-refractivity contribution in [3.8, 4) is 0 Å². The number of anilines is 2. The van der Waals surface area contributed by atoms with Gasteiger partial charge in [0.1, 0.15) is 0 Å². The normalized spacial score (nSPS) is 12.5. The van der Waals surface area contributed by atoms with Crippen LogP contribution in [-0.2, 0) is 0 Å². The lowest BCUT2D eigenvalue weighted by Gasteiger charge is -2.12. The van der Waals surface area contributed by atoms with Gasteiger partial charge in [-0.2, -0.15) is 16.7 Å². The Kier molecular flexibility index (Phi) is 5.15. The summed E-state index contributed by atoms with van der Waals surface area (Å²) < 4.78 is 0. The van der Waals surface area contributed by atoms with E-state index in [0.717, 1.165) is 13.0 Å². The minimum absolute atomic E-state index is 0.229. The van der Waals surface area contributed by atoms with Crippen molar-refractivity contribution in [3.05, 3.63) is 11.0 Å². The van der Waals surface area contributed by atoms with Crippen LogP contribution in [-0.4, -0.2) is 28.0 Å². The molecule has 0 aliphatic heterocycles. The van der Waals surface area contributed by atoms with Crippen LogP contribution in [0.3, 0.4) is 0 Å². The summed E-state index contributed by atoms with van der Waals surface area (Å²) in [4.78, 5) is 8.05. The van der Waals surface area contributed by atoms with Gasteiger partial charge in [-0.05, 0) is 31.2 Å². The zero-order valence-corrected chi connectivity index (χ0v) is 11.3. The van der Waals surface area contributed by atoms with E-state index in [1.54, 1.807) is 0 Å². The average molecular weight is 261 g/mol. The molecular formula is C10H17ClN4S. The number of hydrogen-bond donors (Lipinski definition) is 2. The fourth-order valence-corrected chi connectivity index (χ4v) is 1.76. The van der Waals surface area contributed by atoms with E-state index in [4.69, 9.17) is 17.3 Å². The molecule has 1 heterocycles. The van der Waals surface area contributed by atoms with Crippen molar-refractivity contribution in [2.24, 2.45) is 0 Å². The van der Waals surface area contributed by atoms with E-state index in [0.29, 0.717) is 22.4 Å². The van der Waals surface area contributed by atoms with E-state index in [1.165, 1.54) is 0 Å². The van der Waals surface area contributed by atoms with E-state index in [9.17, 15) is 0 Å². The molecule has 0 amide bonds. The molecule has 0 saturated heterocycles. The van der Waals surface area contributed by atoms with Crippen molar-refractivity contribution in [2.75, 3.05) is 23.9 Å². The van der Waals surface area contributed by atoms with Crippen molar-refractivity contribution in [3.63, 3.8) is 0 Å². The lowest BCUT2D eigenvalue weighted by molar-refractivity contribution is 0.849. The largest absolute Gasteiger partial charge is 0.394 e. The van der Waals surface area contributed by atoms with Crippen LogP contribution in [0.2, 0.25) is 5.28 Å². The summed E-state index contributed by atoms with van der Waals surface area (Å²) in [6.07, 6.45) is 3.16. The maximum Gasteiger partial charge on any atom is 0.224 e. The molecule has 0 radical (unpaired) electrons. The molecule has 1 atom stereocenters. The summed E-state index contributed by atoms with van der Waals surface area (Å²) in [6, 6.07) is 0.